The Morgan fingerprint density at radius 3 is 1.86 bits per heavy atom. The predicted molar refractivity (Wildman–Crippen MR) is 46.2 cm³/mol. The Hall–Kier alpha value is -0.120. The average molecular weight is 194 g/mol. The van der Waals surface area contributed by atoms with Crippen LogP contribution < -0.4 is 0 Å². The summed E-state index contributed by atoms with van der Waals surface area (Å²) in [5.41, 5.74) is 0. The van der Waals surface area contributed by atoms with Gasteiger partial charge in [-0.1, -0.05) is 0 Å². The molecule has 2 aliphatic carbocycles. The lowest BCUT2D eigenvalue weighted by atomic mass is 9.75. The number of ether oxygens (including phenoxy) is 3. The number of hydrogen-bond donors (Lipinski definition) is 0. The SMILES string of the molecule is C1CC2OC3OC4OC1C1C4CC3C21. The quantitative estimate of drug-likeness (QED) is 0.578. The largest absolute Gasteiger partial charge is 0.349 e. The zero-order chi connectivity index (χ0) is 8.86. The molecule has 3 heteroatoms. The summed E-state index contributed by atoms with van der Waals surface area (Å²) in [4.78, 5) is 0. The van der Waals surface area contributed by atoms with E-state index in [1.807, 2.05) is 0 Å². The first-order valence-electron chi connectivity index (χ1n) is 5.88. The molecule has 5 aliphatic rings. The van der Waals surface area contributed by atoms with Crippen LogP contribution in [0.5, 0.6) is 0 Å². The Balaban J connectivity index is 1.74. The van der Waals surface area contributed by atoms with Crippen LogP contribution in [0.3, 0.4) is 0 Å². The molecule has 2 bridgehead atoms. The van der Waals surface area contributed by atoms with Crippen molar-refractivity contribution in [2.45, 2.75) is 44.1 Å². The summed E-state index contributed by atoms with van der Waals surface area (Å²) in [6.07, 6.45) is 4.85. The van der Waals surface area contributed by atoms with Gasteiger partial charge < -0.3 is 14.2 Å². The molecule has 3 aliphatic heterocycles. The van der Waals surface area contributed by atoms with Crippen LogP contribution >= 0.6 is 0 Å². The lowest BCUT2D eigenvalue weighted by molar-refractivity contribution is -0.268. The molecular weight excluding hydrogens is 180 g/mol. The van der Waals surface area contributed by atoms with Crippen LogP contribution in [-0.2, 0) is 14.2 Å². The molecule has 14 heavy (non-hydrogen) atoms. The second kappa shape index (κ2) is 2.04. The van der Waals surface area contributed by atoms with Gasteiger partial charge in [0.15, 0.2) is 12.6 Å². The maximum absolute atomic E-state index is 5.98. The minimum absolute atomic E-state index is 0.0790. The van der Waals surface area contributed by atoms with E-state index in [2.05, 4.69) is 0 Å². The van der Waals surface area contributed by atoms with Gasteiger partial charge in [-0.15, -0.1) is 0 Å². The van der Waals surface area contributed by atoms with Gasteiger partial charge in [0.25, 0.3) is 0 Å². The van der Waals surface area contributed by atoms with Gasteiger partial charge in [-0.05, 0) is 31.1 Å². The van der Waals surface area contributed by atoms with Crippen molar-refractivity contribution in [3.8, 4) is 0 Å². The van der Waals surface area contributed by atoms with Crippen molar-refractivity contribution in [2.75, 3.05) is 0 Å². The maximum Gasteiger partial charge on any atom is 0.164 e. The average Bonchev–Trinajstić information content (AvgIpc) is 2.82. The third-order valence-corrected chi connectivity index (χ3v) is 5.16. The van der Waals surface area contributed by atoms with Crippen molar-refractivity contribution in [3.63, 3.8) is 0 Å². The molecule has 76 valence electrons. The van der Waals surface area contributed by atoms with Gasteiger partial charge in [-0.25, -0.2) is 0 Å². The summed E-state index contributed by atoms with van der Waals surface area (Å²) in [5.74, 6) is 2.96. The second-order valence-corrected chi connectivity index (χ2v) is 5.52. The first kappa shape index (κ1) is 7.20. The summed E-state index contributed by atoms with van der Waals surface area (Å²) in [6.45, 7) is 0. The van der Waals surface area contributed by atoms with E-state index in [4.69, 9.17) is 14.2 Å². The topological polar surface area (TPSA) is 27.7 Å². The number of hydrogen-bond acceptors (Lipinski definition) is 3. The molecule has 5 fully saturated rings. The molecule has 8 unspecified atom stereocenters. The van der Waals surface area contributed by atoms with Crippen LogP contribution in [0.2, 0.25) is 0 Å². The molecule has 5 rings (SSSR count). The molecule has 0 N–H and O–H groups in total. The Morgan fingerprint density at radius 2 is 1.29 bits per heavy atom. The Kier molecular flexibility index (Phi) is 1.05. The van der Waals surface area contributed by atoms with Crippen LogP contribution in [0.4, 0.5) is 0 Å². The van der Waals surface area contributed by atoms with Crippen LogP contribution in [0.15, 0.2) is 0 Å². The van der Waals surface area contributed by atoms with Crippen LogP contribution in [0.1, 0.15) is 19.3 Å². The van der Waals surface area contributed by atoms with Gasteiger partial charge in [-0.2, -0.15) is 0 Å². The molecule has 0 aromatic heterocycles. The maximum atomic E-state index is 5.98. The summed E-state index contributed by atoms with van der Waals surface area (Å²) in [5, 5.41) is 0. The van der Waals surface area contributed by atoms with Gasteiger partial charge in [-0.3, -0.25) is 0 Å². The molecule has 0 radical (unpaired) electrons. The molecule has 8 atom stereocenters. The summed E-state index contributed by atoms with van der Waals surface area (Å²) in [6, 6.07) is 0. The predicted octanol–water partition coefficient (Wildman–Crippen LogP) is 1.13. The van der Waals surface area contributed by atoms with Crippen LogP contribution in [-0.4, -0.2) is 24.8 Å². The van der Waals surface area contributed by atoms with E-state index in [0.29, 0.717) is 24.0 Å². The van der Waals surface area contributed by atoms with E-state index in [0.717, 1.165) is 11.8 Å². The first-order chi connectivity index (χ1) is 6.92. The Morgan fingerprint density at radius 1 is 0.714 bits per heavy atom. The third-order valence-electron chi connectivity index (χ3n) is 5.16. The minimum Gasteiger partial charge on any atom is -0.349 e. The van der Waals surface area contributed by atoms with E-state index in [1.165, 1.54) is 19.3 Å². The lowest BCUT2D eigenvalue weighted by Crippen LogP contribution is -2.36. The van der Waals surface area contributed by atoms with E-state index >= 15 is 0 Å². The summed E-state index contributed by atoms with van der Waals surface area (Å²) >= 11 is 0. The summed E-state index contributed by atoms with van der Waals surface area (Å²) < 4.78 is 17.9. The van der Waals surface area contributed by atoms with Crippen molar-refractivity contribution < 1.29 is 14.2 Å². The van der Waals surface area contributed by atoms with Gasteiger partial charge in [0.1, 0.15) is 0 Å². The zero-order valence-corrected chi connectivity index (χ0v) is 7.96. The standard InChI is InChI=1S/C11H14O3/c1-2-7-9-5-3-4-8(9)6(1)12-10(4)14-11(5)13-7/h4-11H,1-3H2. The van der Waals surface area contributed by atoms with Crippen LogP contribution in [0.25, 0.3) is 0 Å². The van der Waals surface area contributed by atoms with E-state index in [-0.39, 0.29) is 12.6 Å². The fourth-order valence-corrected chi connectivity index (χ4v) is 4.81. The van der Waals surface area contributed by atoms with Gasteiger partial charge >= 0.3 is 0 Å². The van der Waals surface area contributed by atoms with Gasteiger partial charge in [0.05, 0.1) is 12.2 Å². The van der Waals surface area contributed by atoms with Crippen molar-refractivity contribution in [2.24, 2.45) is 23.7 Å². The molecule has 0 amide bonds. The second-order valence-electron chi connectivity index (χ2n) is 5.52. The molecular formula is C11H14O3. The lowest BCUT2D eigenvalue weighted by Gasteiger charge is -2.32. The molecule has 3 saturated heterocycles. The normalized spacial score (nSPS) is 72.0. The van der Waals surface area contributed by atoms with Gasteiger partial charge in [0, 0.05) is 11.8 Å². The van der Waals surface area contributed by atoms with Gasteiger partial charge in [0.2, 0.25) is 0 Å². The first-order valence-corrected chi connectivity index (χ1v) is 5.88. The zero-order valence-electron chi connectivity index (χ0n) is 7.96. The molecule has 0 spiro atoms. The van der Waals surface area contributed by atoms with E-state index in [9.17, 15) is 0 Å². The van der Waals surface area contributed by atoms with Crippen molar-refractivity contribution >= 4 is 0 Å². The van der Waals surface area contributed by atoms with E-state index in [1.54, 1.807) is 0 Å². The molecule has 3 nitrogen and oxygen atoms in total. The number of rotatable bonds is 0. The molecule has 3 heterocycles. The van der Waals surface area contributed by atoms with Crippen molar-refractivity contribution in [3.05, 3.63) is 0 Å². The monoisotopic (exact) mass is 194 g/mol. The highest BCUT2D eigenvalue weighted by Gasteiger charge is 2.68. The van der Waals surface area contributed by atoms with Crippen molar-refractivity contribution in [1.29, 1.82) is 0 Å². The highest BCUT2D eigenvalue weighted by Crippen LogP contribution is 2.64. The Labute approximate surface area is 82.7 Å². The fourth-order valence-electron chi connectivity index (χ4n) is 4.81. The third kappa shape index (κ3) is 0.589. The summed E-state index contributed by atoms with van der Waals surface area (Å²) in [7, 11) is 0. The fraction of sp³-hybridized carbons (Fsp3) is 1.00. The molecule has 2 saturated carbocycles. The highest BCUT2D eigenvalue weighted by atomic mass is 16.8. The highest BCUT2D eigenvalue weighted by molar-refractivity contribution is 5.11. The van der Waals surface area contributed by atoms with Crippen LogP contribution in [0, 0.1) is 23.7 Å². The molecule has 0 aromatic carbocycles. The minimum atomic E-state index is 0.0790. The van der Waals surface area contributed by atoms with E-state index < -0.39 is 0 Å². The Bertz CT molecular complexity index is 277. The molecule has 0 aromatic rings. The van der Waals surface area contributed by atoms with Crippen molar-refractivity contribution in [1.82, 2.24) is 0 Å². The smallest absolute Gasteiger partial charge is 0.164 e.